The van der Waals surface area contributed by atoms with E-state index in [1.54, 1.807) is 0 Å². The summed E-state index contributed by atoms with van der Waals surface area (Å²) in [5, 5.41) is 0.651. The molecule has 0 N–H and O–H groups in total. The highest BCUT2D eigenvalue weighted by Crippen LogP contribution is 2.35. The Balaban J connectivity index is 2.14. The first-order valence-electron chi connectivity index (χ1n) is 5.65. The molecule has 3 heteroatoms. The Morgan fingerprint density at radius 2 is 1.94 bits per heavy atom. The molecule has 16 heavy (non-hydrogen) atoms. The molecule has 1 fully saturated rings. The van der Waals surface area contributed by atoms with E-state index in [1.165, 1.54) is 5.75 Å². The van der Waals surface area contributed by atoms with Crippen molar-refractivity contribution in [1.29, 1.82) is 0 Å². The molecule has 1 aliphatic rings. The van der Waals surface area contributed by atoms with E-state index in [2.05, 4.69) is 6.92 Å². The van der Waals surface area contributed by atoms with Crippen LogP contribution in [-0.4, -0.2) is 27.8 Å². The number of benzene rings is 1. The molecule has 2 atom stereocenters. The minimum atomic E-state index is 0.158. The lowest BCUT2D eigenvalue weighted by Gasteiger charge is -2.28. The second-order valence-corrected chi connectivity index (χ2v) is 6.44. The molecule has 1 nitrogen and oxygen atoms in total. The van der Waals surface area contributed by atoms with Crippen molar-refractivity contribution in [3.63, 3.8) is 0 Å². The summed E-state index contributed by atoms with van der Waals surface area (Å²) in [7, 11) is 0. The van der Waals surface area contributed by atoms with Crippen LogP contribution in [0, 0.1) is 0 Å². The van der Waals surface area contributed by atoms with Gasteiger partial charge in [-0.3, -0.25) is 4.79 Å². The number of hydrogen-bond acceptors (Lipinski definition) is 3. The first-order chi connectivity index (χ1) is 7.83. The van der Waals surface area contributed by atoms with E-state index in [9.17, 15) is 4.79 Å². The zero-order valence-corrected chi connectivity index (χ0v) is 11.0. The van der Waals surface area contributed by atoms with Crippen LogP contribution in [-0.2, 0) is 0 Å². The normalized spacial score (nSPS) is 25.3. The van der Waals surface area contributed by atoms with Crippen molar-refractivity contribution in [1.82, 2.24) is 0 Å². The summed E-state index contributed by atoms with van der Waals surface area (Å²) in [4.78, 5) is 12.3. The molecule has 1 saturated heterocycles. The summed E-state index contributed by atoms with van der Waals surface area (Å²) in [6.07, 6.45) is 1.08. The fourth-order valence-corrected chi connectivity index (χ4v) is 4.94. The van der Waals surface area contributed by atoms with E-state index in [4.69, 9.17) is 0 Å². The van der Waals surface area contributed by atoms with Gasteiger partial charge >= 0.3 is 0 Å². The standard InChI is InChI=1S/C13H16OS2/c1-2-11-13(16-9-8-15-11)12(14)10-6-4-3-5-7-10/h3-7,11,13H,2,8-9H2,1H3. The van der Waals surface area contributed by atoms with E-state index in [0.717, 1.165) is 17.7 Å². The highest BCUT2D eigenvalue weighted by molar-refractivity contribution is 8.07. The largest absolute Gasteiger partial charge is 0.293 e. The number of thioether (sulfide) groups is 2. The third kappa shape index (κ3) is 2.64. The van der Waals surface area contributed by atoms with Gasteiger partial charge in [0, 0.05) is 22.3 Å². The van der Waals surface area contributed by atoms with Crippen molar-refractivity contribution >= 4 is 29.3 Å². The molecule has 1 aromatic rings. The second kappa shape index (κ2) is 5.78. The summed E-state index contributed by atoms with van der Waals surface area (Å²) >= 11 is 3.78. The van der Waals surface area contributed by atoms with Gasteiger partial charge in [-0.2, -0.15) is 11.8 Å². The van der Waals surface area contributed by atoms with Crippen molar-refractivity contribution in [3.05, 3.63) is 35.9 Å². The Morgan fingerprint density at radius 1 is 1.25 bits per heavy atom. The fraction of sp³-hybridized carbons (Fsp3) is 0.462. The van der Waals surface area contributed by atoms with Crippen molar-refractivity contribution < 1.29 is 4.79 Å². The van der Waals surface area contributed by atoms with Crippen LogP contribution in [0.1, 0.15) is 23.7 Å². The first kappa shape index (κ1) is 12.1. The smallest absolute Gasteiger partial charge is 0.176 e. The van der Waals surface area contributed by atoms with Gasteiger partial charge in [-0.25, -0.2) is 0 Å². The monoisotopic (exact) mass is 252 g/mol. The van der Waals surface area contributed by atoms with Crippen LogP contribution >= 0.6 is 23.5 Å². The summed E-state index contributed by atoms with van der Waals surface area (Å²) < 4.78 is 0. The second-order valence-electron chi connectivity index (χ2n) is 3.84. The minimum Gasteiger partial charge on any atom is -0.293 e. The Kier molecular flexibility index (Phi) is 4.36. The number of carbonyl (C=O) groups excluding carboxylic acids is 1. The topological polar surface area (TPSA) is 17.1 Å². The van der Waals surface area contributed by atoms with Crippen LogP contribution < -0.4 is 0 Å². The lowest BCUT2D eigenvalue weighted by atomic mass is 10.1. The van der Waals surface area contributed by atoms with Gasteiger partial charge < -0.3 is 0 Å². The van der Waals surface area contributed by atoms with Gasteiger partial charge in [-0.05, 0) is 6.42 Å². The average molecular weight is 252 g/mol. The van der Waals surface area contributed by atoms with Crippen molar-refractivity contribution in [2.24, 2.45) is 0 Å². The third-order valence-corrected chi connectivity index (χ3v) is 6.02. The summed E-state index contributed by atoms with van der Waals surface area (Å²) in [5.41, 5.74) is 0.862. The molecule has 2 rings (SSSR count). The Hall–Kier alpha value is -0.410. The van der Waals surface area contributed by atoms with E-state index in [-0.39, 0.29) is 5.25 Å². The number of Topliss-reactive ketones (excluding diaryl/α,β-unsaturated/α-hetero) is 1. The molecule has 0 bridgehead atoms. The first-order valence-corrected chi connectivity index (χ1v) is 7.75. The summed E-state index contributed by atoms with van der Waals surface area (Å²) in [6.45, 7) is 2.18. The number of ketones is 1. The molecular formula is C13H16OS2. The molecule has 0 saturated carbocycles. The maximum Gasteiger partial charge on any atom is 0.176 e. The van der Waals surface area contributed by atoms with Gasteiger partial charge in [-0.15, -0.1) is 11.8 Å². The molecule has 1 aromatic carbocycles. The Bertz CT molecular complexity index is 350. The fourth-order valence-electron chi connectivity index (χ4n) is 1.91. The Labute approximate surface area is 105 Å². The van der Waals surface area contributed by atoms with Gasteiger partial charge in [-0.1, -0.05) is 37.3 Å². The van der Waals surface area contributed by atoms with Crippen molar-refractivity contribution in [3.8, 4) is 0 Å². The highest BCUT2D eigenvalue weighted by Gasteiger charge is 2.31. The quantitative estimate of drug-likeness (QED) is 0.767. The molecule has 86 valence electrons. The molecule has 0 aromatic heterocycles. The molecule has 0 aliphatic carbocycles. The van der Waals surface area contributed by atoms with Crippen molar-refractivity contribution in [2.45, 2.75) is 23.8 Å². The van der Waals surface area contributed by atoms with Crippen LogP contribution in [0.15, 0.2) is 30.3 Å². The summed E-state index contributed by atoms with van der Waals surface area (Å²) in [5.74, 6) is 2.59. The predicted octanol–water partition coefficient (Wildman–Crippen LogP) is 3.50. The minimum absolute atomic E-state index is 0.158. The molecule has 1 aliphatic heterocycles. The molecule has 1 heterocycles. The SMILES string of the molecule is CCC1SCCSC1C(=O)c1ccccc1. The van der Waals surface area contributed by atoms with Crippen LogP contribution in [0.4, 0.5) is 0 Å². The lowest BCUT2D eigenvalue weighted by Crippen LogP contribution is -2.32. The van der Waals surface area contributed by atoms with Gasteiger partial charge in [0.15, 0.2) is 5.78 Å². The van der Waals surface area contributed by atoms with Gasteiger partial charge in [0.2, 0.25) is 0 Å². The molecule has 2 unspecified atom stereocenters. The van der Waals surface area contributed by atoms with E-state index >= 15 is 0 Å². The highest BCUT2D eigenvalue weighted by atomic mass is 32.2. The third-order valence-electron chi connectivity index (χ3n) is 2.77. The van der Waals surface area contributed by atoms with Gasteiger partial charge in [0.25, 0.3) is 0 Å². The number of carbonyl (C=O) groups is 1. The molecule has 0 spiro atoms. The maximum absolute atomic E-state index is 12.3. The maximum atomic E-state index is 12.3. The molecular weight excluding hydrogens is 236 g/mol. The lowest BCUT2D eigenvalue weighted by molar-refractivity contribution is 0.0988. The van der Waals surface area contributed by atoms with Crippen LogP contribution in [0.2, 0.25) is 0 Å². The van der Waals surface area contributed by atoms with Crippen molar-refractivity contribution in [2.75, 3.05) is 11.5 Å². The zero-order valence-electron chi connectivity index (χ0n) is 9.39. The Morgan fingerprint density at radius 3 is 2.62 bits per heavy atom. The van der Waals surface area contributed by atoms with Crippen LogP contribution in [0.3, 0.4) is 0 Å². The zero-order chi connectivity index (χ0) is 11.4. The predicted molar refractivity (Wildman–Crippen MR) is 73.6 cm³/mol. The summed E-state index contributed by atoms with van der Waals surface area (Å²) in [6, 6.07) is 9.68. The number of rotatable bonds is 3. The van der Waals surface area contributed by atoms with E-state index < -0.39 is 0 Å². The molecule has 0 radical (unpaired) electrons. The van der Waals surface area contributed by atoms with Gasteiger partial charge in [0.05, 0.1) is 5.25 Å². The average Bonchev–Trinajstić information content (AvgIpc) is 2.39. The van der Waals surface area contributed by atoms with Gasteiger partial charge in [0.1, 0.15) is 0 Å². The molecule has 0 amide bonds. The van der Waals surface area contributed by atoms with Crippen LogP contribution in [0.5, 0.6) is 0 Å². The van der Waals surface area contributed by atoms with E-state index in [1.807, 2.05) is 53.9 Å². The van der Waals surface area contributed by atoms with E-state index in [0.29, 0.717) is 11.0 Å². The number of hydrogen-bond donors (Lipinski definition) is 0. The van der Waals surface area contributed by atoms with Crippen LogP contribution in [0.25, 0.3) is 0 Å².